The normalized spacial score (nSPS) is 10.1. The summed E-state index contributed by atoms with van der Waals surface area (Å²) in [5, 5.41) is 14.3. The summed E-state index contributed by atoms with van der Waals surface area (Å²) in [6.07, 6.45) is 0. The molecule has 1 amide bonds. The van der Waals surface area contributed by atoms with Gasteiger partial charge in [-0.3, -0.25) is 10.1 Å². The topological polar surface area (TPSA) is 107 Å². The number of carbonyl (C=O) groups excluding carboxylic acids is 2. The van der Waals surface area contributed by atoms with E-state index in [0.717, 1.165) is 11.3 Å². The lowest BCUT2D eigenvalue weighted by Crippen LogP contribution is -2.13. The summed E-state index contributed by atoms with van der Waals surface area (Å²) in [5.74, 6) is -1.06. The highest BCUT2D eigenvalue weighted by Gasteiger charge is 2.19. The SMILES string of the molecule is CCOC(=O)c1csc(NC(=O)c2cc(OC)cc(OC)c2O)n1. The molecular weight excluding hydrogens is 336 g/mol. The minimum absolute atomic E-state index is 0.0425. The van der Waals surface area contributed by atoms with Gasteiger partial charge < -0.3 is 19.3 Å². The Hall–Kier alpha value is -2.81. The van der Waals surface area contributed by atoms with E-state index in [4.69, 9.17) is 14.2 Å². The Morgan fingerprint density at radius 1 is 1.29 bits per heavy atom. The Morgan fingerprint density at radius 3 is 2.67 bits per heavy atom. The van der Waals surface area contributed by atoms with Gasteiger partial charge in [0.2, 0.25) is 0 Å². The molecule has 2 rings (SSSR count). The van der Waals surface area contributed by atoms with E-state index in [1.807, 2.05) is 0 Å². The summed E-state index contributed by atoms with van der Waals surface area (Å²) in [6.45, 7) is 1.92. The summed E-state index contributed by atoms with van der Waals surface area (Å²) in [7, 11) is 2.79. The number of aromatic hydroxyl groups is 1. The van der Waals surface area contributed by atoms with Crippen LogP contribution in [-0.2, 0) is 4.74 Å². The van der Waals surface area contributed by atoms with Crippen LogP contribution < -0.4 is 14.8 Å². The van der Waals surface area contributed by atoms with Crippen molar-refractivity contribution in [2.24, 2.45) is 0 Å². The van der Waals surface area contributed by atoms with Crippen LogP contribution in [0.5, 0.6) is 17.2 Å². The van der Waals surface area contributed by atoms with Gasteiger partial charge in [-0.1, -0.05) is 0 Å². The summed E-state index contributed by atoms with van der Waals surface area (Å²) in [4.78, 5) is 27.9. The Bertz CT molecular complexity index is 758. The predicted molar refractivity (Wildman–Crippen MR) is 87.2 cm³/mol. The molecule has 0 bridgehead atoms. The molecule has 1 aromatic heterocycles. The number of methoxy groups -OCH3 is 2. The molecule has 0 aliphatic rings. The summed E-state index contributed by atoms with van der Waals surface area (Å²) in [6, 6.07) is 2.82. The summed E-state index contributed by atoms with van der Waals surface area (Å²) < 4.78 is 14.9. The van der Waals surface area contributed by atoms with Crippen LogP contribution in [0.4, 0.5) is 5.13 Å². The first kappa shape index (κ1) is 17.5. The van der Waals surface area contributed by atoms with Gasteiger partial charge in [0.1, 0.15) is 5.75 Å². The van der Waals surface area contributed by atoms with Crippen LogP contribution in [-0.4, -0.2) is 42.8 Å². The number of benzene rings is 1. The van der Waals surface area contributed by atoms with Crippen molar-refractivity contribution in [1.82, 2.24) is 4.98 Å². The maximum absolute atomic E-state index is 12.3. The highest BCUT2D eigenvalue weighted by molar-refractivity contribution is 7.14. The first-order chi connectivity index (χ1) is 11.5. The molecule has 0 aliphatic carbocycles. The van der Waals surface area contributed by atoms with Crippen LogP contribution in [0.15, 0.2) is 17.5 Å². The van der Waals surface area contributed by atoms with Crippen molar-refractivity contribution in [2.45, 2.75) is 6.92 Å². The number of ether oxygens (including phenoxy) is 3. The Kier molecular flexibility index (Phi) is 5.59. The fourth-order valence-corrected chi connectivity index (χ4v) is 2.50. The fraction of sp³-hybridized carbons (Fsp3) is 0.267. The van der Waals surface area contributed by atoms with E-state index in [9.17, 15) is 14.7 Å². The third-order valence-electron chi connectivity index (χ3n) is 2.96. The van der Waals surface area contributed by atoms with Gasteiger partial charge in [-0.2, -0.15) is 0 Å². The van der Waals surface area contributed by atoms with Crippen molar-refractivity contribution in [3.63, 3.8) is 0 Å². The zero-order valence-electron chi connectivity index (χ0n) is 13.3. The Balaban J connectivity index is 2.22. The molecule has 2 aromatic rings. The lowest BCUT2D eigenvalue weighted by atomic mass is 10.1. The molecule has 0 radical (unpaired) electrons. The monoisotopic (exact) mass is 352 g/mol. The second kappa shape index (κ2) is 7.64. The molecule has 0 aliphatic heterocycles. The van der Waals surface area contributed by atoms with Crippen LogP contribution >= 0.6 is 11.3 Å². The van der Waals surface area contributed by atoms with Crippen LogP contribution in [0.25, 0.3) is 0 Å². The quantitative estimate of drug-likeness (QED) is 0.768. The van der Waals surface area contributed by atoms with Gasteiger partial charge in [-0.05, 0) is 13.0 Å². The number of nitrogens with zero attached hydrogens (tertiary/aromatic N) is 1. The average Bonchev–Trinajstić information content (AvgIpc) is 3.03. The number of hydrogen-bond acceptors (Lipinski definition) is 8. The first-order valence-corrected chi connectivity index (χ1v) is 7.77. The van der Waals surface area contributed by atoms with Crippen molar-refractivity contribution < 1.29 is 28.9 Å². The highest BCUT2D eigenvalue weighted by Crippen LogP contribution is 2.35. The minimum Gasteiger partial charge on any atom is -0.504 e. The number of phenolic OH excluding ortho intramolecular Hbond substituents is 1. The standard InChI is InChI=1S/C15H16N2O6S/c1-4-23-14(20)10-7-24-15(16-10)17-13(19)9-5-8(21-2)6-11(22-3)12(9)18/h5-7,18H,4H2,1-3H3,(H,16,17,19). The second-order valence-corrected chi connectivity index (χ2v) is 5.30. The van der Waals surface area contributed by atoms with Gasteiger partial charge in [-0.15, -0.1) is 11.3 Å². The Morgan fingerprint density at radius 2 is 2.04 bits per heavy atom. The summed E-state index contributed by atoms with van der Waals surface area (Å²) in [5.41, 5.74) is 0.0590. The number of phenols is 1. The zero-order chi connectivity index (χ0) is 17.7. The lowest BCUT2D eigenvalue weighted by molar-refractivity contribution is 0.0520. The molecule has 128 valence electrons. The number of hydrogen-bond donors (Lipinski definition) is 2. The van der Waals surface area contributed by atoms with Crippen LogP contribution in [0.1, 0.15) is 27.8 Å². The van der Waals surface area contributed by atoms with Gasteiger partial charge >= 0.3 is 5.97 Å². The van der Waals surface area contributed by atoms with E-state index >= 15 is 0 Å². The smallest absolute Gasteiger partial charge is 0.357 e. The van der Waals surface area contributed by atoms with E-state index in [0.29, 0.717) is 5.75 Å². The molecule has 0 spiro atoms. The second-order valence-electron chi connectivity index (χ2n) is 4.44. The molecule has 1 aromatic carbocycles. The van der Waals surface area contributed by atoms with Crippen LogP contribution in [0.3, 0.4) is 0 Å². The fourth-order valence-electron chi connectivity index (χ4n) is 1.82. The number of anilines is 1. The molecule has 2 N–H and O–H groups in total. The van der Waals surface area contributed by atoms with Crippen molar-refractivity contribution >= 4 is 28.3 Å². The van der Waals surface area contributed by atoms with Crippen molar-refractivity contribution in [1.29, 1.82) is 0 Å². The number of nitrogens with one attached hydrogen (secondary N) is 1. The molecule has 0 unspecified atom stereocenters. The van der Waals surface area contributed by atoms with E-state index in [-0.39, 0.29) is 34.5 Å². The van der Waals surface area contributed by atoms with E-state index in [1.165, 1.54) is 31.7 Å². The molecule has 9 heteroatoms. The highest BCUT2D eigenvalue weighted by atomic mass is 32.1. The Labute approximate surface area is 142 Å². The maximum Gasteiger partial charge on any atom is 0.357 e. The third-order valence-corrected chi connectivity index (χ3v) is 3.72. The molecular formula is C15H16N2O6S. The van der Waals surface area contributed by atoms with Gasteiger partial charge in [0.05, 0.1) is 26.4 Å². The maximum atomic E-state index is 12.3. The molecule has 24 heavy (non-hydrogen) atoms. The van der Waals surface area contributed by atoms with Gasteiger partial charge in [0.15, 0.2) is 22.3 Å². The first-order valence-electron chi connectivity index (χ1n) is 6.89. The van der Waals surface area contributed by atoms with Crippen molar-refractivity contribution in [3.05, 3.63) is 28.8 Å². The molecule has 0 atom stereocenters. The average molecular weight is 352 g/mol. The predicted octanol–water partition coefficient (Wildman–Crippen LogP) is 2.29. The van der Waals surface area contributed by atoms with Crippen molar-refractivity contribution in [2.75, 3.05) is 26.1 Å². The van der Waals surface area contributed by atoms with E-state index in [1.54, 1.807) is 6.92 Å². The molecule has 0 saturated carbocycles. The third kappa shape index (κ3) is 3.74. The number of thiazole rings is 1. The zero-order valence-corrected chi connectivity index (χ0v) is 14.1. The van der Waals surface area contributed by atoms with Crippen LogP contribution in [0.2, 0.25) is 0 Å². The van der Waals surface area contributed by atoms with Crippen LogP contribution in [0, 0.1) is 0 Å². The number of amides is 1. The largest absolute Gasteiger partial charge is 0.504 e. The minimum atomic E-state index is -0.616. The van der Waals surface area contributed by atoms with Gasteiger partial charge in [0.25, 0.3) is 5.91 Å². The molecule has 0 saturated heterocycles. The number of esters is 1. The van der Waals surface area contributed by atoms with E-state index in [2.05, 4.69) is 10.3 Å². The molecule has 0 fully saturated rings. The molecule has 1 heterocycles. The lowest BCUT2D eigenvalue weighted by Gasteiger charge is -2.11. The number of rotatable bonds is 6. The number of aromatic nitrogens is 1. The summed E-state index contributed by atoms with van der Waals surface area (Å²) >= 11 is 1.06. The van der Waals surface area contributed by atoms with Gasteiger partial charge in [0, 0.05) is 11.4 Å². The van der Waals surface area contributed by atoms with E-state index < -0.39 is 11.9 Å². The van der Waals surface area contributed by atoms with Crippen molar-refractivity contribution in [3.8, 4) is 17.2 Å². The van der Waals surface area contributed by atoms with Gasteiger partial charge in [-0.25, -0.2) is 9.78 Å². The number of carbonyl (C=O) groups is 2. The molecule has 8 nitrogen and oxygen atoms in total.